The van der Waals surface area contributed by atoms with Crippen molar-refractivity contribution in [3.63, 3.8) is 0 Å². The van der Waals surface area contributed by atoms with Crippen molar-refractivity contribution in [3.8, 4) is 0 Å². The van der Waals surface area contributed by atoms with E-state index in [0.29, 0.717) is 11.7 Å². The first-order valence-electron chi connectivity index (χ1n) is 6.22. The molecule has 3 nitrogen and oxygen atoms in total. The van der Waals surface area contributed by atoms with Crippen LogP contribution in [0.5, 0.6) is 0 Å². The van der Waals surface area contributed by atoms with Crippen LogP contribution in [-0.2, 0) is 0 Å². The normalized spacial score (nSPS) is 21.3. The standard InChI is InChI=1S/C13H19ClFN3/c1-3-9-8-18(5-4-17(9)2)13-6-10(14)11(15)7-12(13)16/h6-7,9H,3-5,8,16H2,1-2H3. The van der Waals surface area contributed by atoms with Crippen LogP contribution in [-0.4, -0.2) is 37.6 Å². The highest BCUT2D eigenvalue weighted by Crippen LogP contribution is 2.31. The maximum absolute atomic E-state index is 13.3. The predicted octanol–water partition coefficient (Wildman–Crippen LogP) is 2.59. The van der Waals surface area contributed by atoms with E-state index >= 15 is 0 Å². The average molecular weight is 272 g/mol. The maximum atomic E-state index is 13.3. The molecule has 2 N–H and O–H groups in total. The molecule has 0 radical (unpaired) electrons. The molecule has 1 aromatic carbocycles. The first-order chi connectivity index (χ1) is 8.52. The predicted molar refractivity (Wildman–Crippen MR) is 74.7 cm³/mol. The van der Waals surface area contributed by atoms with Crippen molar-refractivity contribution in [3.05, 3.63) is 23.0 Å². The summed E-state index contributed by atoms with van der Waals surface area (Å²) in [6.07, 6.45) is 1.09. The first kappa shape index (κ1) is 13.4. The van der Waals surface area contributed by atoms with Gasteiger partial charge in [0.15, 0.2) is 0 Å². The summed E-state index contributed by atoms with van der Waals surface area (Å²) in [6.45, 7) is 4.94. The molecular formula is C13H19ClFN3. The summed E-state index contributed by atoms with van der Waals surface area (Å²) < 4.78 is 13.3. The van der Waals surface area contributed by atoms with Crippen LogP contribution in [0.15, 0.2) is 12.1 Å². The highest BCUT2D eigenvalue weighted by Gasteiger charge is 2.24. The summed E-state index contributed by atoms with van der Waals surface area (Å²) in [5.41, 5.74) is 7.18. The average Bonchev–Trinajstić information content (AvgIpc) is 2.35. The minimum Gasteiger partial charge on any atom is -0.397 e. The Hall–Kier alpha value is -1.00. The van der Waals surface area contributed by atoms with Gasteiger partial charge in [-0.3, -0.25) is 4.90 Å². The summed E-state index contributed by atoms with van der Waals surface area (Å²) in [5.74, 6) is -0.459. The van der Waals surface area contributed by atoms with Gasteiger partial charge in [0.2, 0.25) is 0 Å². The Morgan fingerprint density at radius 1 is 1.44 bits per heavy atom. The zero-order valence-electron chi connectivity index (χ0n) is 10.8. The van der Waals surface area contributed by atoms with Crippen molar-refractivity contribution >= 4 is 23.0 Å². The summed E-state index contributed by atoms with van der Waals surface area (Å²) in [7, 11) is 2.13. The van der Waals surface area contributed by atoms with Crippen molar-refractivity contribution in [2.24, 2.45) is 0 Å². The van der Waals surface area contributed by atoms with Crippen LogP contribution in [0.2, 0.25) is 5.02 Å². The molecule has 100 valence electrons. The van der Waals surface area contributed by atoms with Crippen LogP contribution in [0.25, 0.3) is 0 Å². The molecule has 1 heterocycles. The molecule has 0 saturated carbocycles. The lowest BCUT2D eigenvalue weighted by Crippen LogP contribution is -2.51. The van der Waals surface area contributed by atoms with Crippen molar-refractivity contribution in [1.82, 2.24) is 4.90 Å². The Morgan fingerprint density at radius 3 is 2.83 bits per heavy atom. The van der Waals surface area contributed by atoms with Crippen molar-refractivity contribution in [2.45, 2.75) is 19.4 Å². The van der Waals surface area contributed by atoms with E-state index < -0.39 is 5.82 Å². The van der Waals surface area contributed by atoms with Gasteiger partial charge in [-0.25, -0.2) is 4.39 Å². The second kappa shape index (κ2) is 5.33. The molecular weight excluding hydrogens is 253 g/mol. The Kier molecular flexibility index (Phi) is 3.97. The molecule has 0 aliphatic carbocycles. The number of benzene rings is 1. The summed E-state index contributed by atoms with van der Waals surface area (Å²) >= 11 is 5.84. The van der Waals surface area contributed by atoms with Crippen molar-refractivity contribution in [2.75, 3.05) is 37.3 Å². The number of nitrogen functional groups attached to an aromatic ring is 1. The number of likely N-dealkylation sites (N-methyl/N-ethyl adjacent to an activating group) is 1. The molecule has 1 unspecified atom stereocenters. The van der Waals surface area contributed by atoms with E-state index in [1.165, 1.54) is 6.07 Å². The van der Waals surface area contributed by atoms with Gasteiger partial charge in [-0.15, -0.1) is 0 Å². The summed E-state index contributed by atoms with van der Waals surface area (Å²) in [4.78, 5) is 4.53. The van der Waals surface area contributed by atoms with Crippen molar-refractivity contribution in [1.29, 1.82) is 0 Å². The van der Waals surface area contributed by atoms with Crippen LogP contribution in [0, 0.1) is 5.82 Å². The van der Waals surface area contributed by atoms with Gasteiger partial charge in [0.05, 0.1) is 16.4 Å². The lowest BCUT2D eigenvalue weighted by molar-refractivity contribution is 0.213. The Bertz CT molecular complexity index is 438. The number of nitrogens with zero attached hydrogens (tertiary/aromatic N) is 2. The minimum absolute atomic E-state index is 0.131. The third kappa shape index (κ3) is 2.54. The molecule has 0 aromatic heterocycles. The van der Waals surface area contributed by atoms with E-state index in [9.17, 15) is 4.39 Å². The van der Waals surface area contributed by atoms with E-state index in [4.69, 9.17) is 17.3 Å². The Labute approximate surface area is 112 Å². The molecule has 0 amide bonds. The smallest absolute Gasteiger partial charge is 0.143 e. The zero-order chi connectivity index (χ0) is 13.3. The van der Waals surface area contributed by atoms with E-state index in [1.807, 2.05) is 0 Å². The van der Waals surface area contributed by atoms with Crippen molar-refractivity contribution < 1.29 is 4.39 Å². The molecule has 1 atom stereocenters. The van der Waals surface area contributed by atoms with Crippen LogP contribution in [0.4, 0.5) is 15.8 Å². The maximum Gasteiger partial charge on any atom is 0.143 e. The molecule has 0 bridgehead atoms. The number of hydrogen-bond donors (Lipinski definition) is 1. The molecule has 1 aromatic rings. The summed E-state index contributed by atoms with van der Waals surface area (Å²) in [5, 5.41) is 0.131. The number of hydrogen-bond acceptors (Lipinski definition) is 3. The van der Waals surface area contributed by atoms with Gasteiger partial charge in [0.1, 0.15) is 5.82 Å². The highest BCUT2D eigenvalue weighted by molar-refractivity contribution is 6.31. The molecule has 1 fully saturated rings. The van der Waals surface area contributed by atoms with Crippen LogP contribution < -0.4 is 10.6 Å². The second-order valence-corrected chi connectivity index (χ2v) is 5.22. The molecule has 1 aliphatic rings. The largest absolute Gasteiger partial charge is 0.397 e. The number of halogens is 2. The van der Waals surface area contributed by atoms with Crippen LogP contribution in [0.1, 0.15) is 13.3 Å². The molecule has 0 spiro atoms. The molecule has 18 heavy (non-hydrogen) atoms. The van der Waals surface area contributed by atoms with E-state index in [0.717, 1.165) is 31.7 Å². The first-order valence-corrected chi connectivity index (χ1v) is 6.60. The minimum atomic E-state index is -0.459. The van der Waals surface area contributed by atoms with Crippen LogP contribution in [0.3, 0.4) is 0 Å². The number of nitrogens with two attached hydrogens (primary N) is 1. The SMILES string of the molecule is CCC1CN(c2cc(Cl)c(F)cc2N)CCN1C. The lowest BCUT2D eigenvalue weighted by atomic mass is 10.1. The Morgan fingerprint density at radius 2 is 2.17 bits per heavy atom. The topological polar surface area (TPSA) is 32.5 Å². The molecule has 1 aliphatic heterocycles. The van der Waals surface area contributed by atoms with E-state index in [2.05, 4.69) is 23.8 Å². The third-order valence-corrected chi connectivity index (χ3v) is 3.95. The second-order valence-electron chi connectivity index (χ2n) is 4.81. The number of piperazine rings is 1. The van der Waals surface area contributed by atoms with Gasteiger partial charge >= 0.3 is 0 Å². The van der Waals surface area contributed by atoms with Gasteiger partial charge in [0.25, 0.3) is 0 Å². The molecule has 2 rings (SSSR count). The van der Waals surface area contributed by atoms with Gasteiger partial charge in [-0.05, 0) is 19.5 Å². The fraction of sp³-hybridized carbons (Fsp3) is 0.538. The summed E-state index contributed by atoms with van der Waals surface area (Å²) in [6, 6.07) is 3.43. The van der Waals surface area contributed by atoms with Gasteiger partial charge in [-0.2, -0.15) is 0 Å². The highest BCUT2D eigenvalue weighted by atomic mass is 35.5. The number of rotatable bonds is 2. The van der Waals surface area contributed by atoms with E-state index in [-0.39, 0.29) is 5.02 Å². The quantitative estimate of drug-likeness (QED) is 0.840. The van der Waals surface area contributed by atoms with E-state index in [1.54, 1.807) is 6.07 Å². The molecule has 1 saturated heterocycles. The zero-order valence-corrected chi connectivity index (χ0v) is 11.5. The Balaban J connectivity index is 2.24. The fourth-order valence-corrected chi connectivity index (χ4v) is 2.59. The van der Waals surface area contributed by atoms with Crippen LogP contribution >= 0.6 is 11.6 Å². The van der Waals surface area contributed by atoms with Gasteiger partial charge in [-0.1, -0.05) is 18.5 Å². The fourth-order valence-electron chi connectivity index (χ4n) is 2.43. The lowest BCUT2D eigenvalue weighted by Gasteiger charge is -2.40. The van der Waals surface area contributed by atoms with Gasteiger partial charge < -0.3 is 10.6 Å². The third-order valence-electron chi connectivity index (χ3n) is 3.66. The van der Waals surface area contributed by atoms with Gasteiger partial charge in [0, 0.05) is 31.7 Å². The molecule has 5 heteroatoms. The monoisotopic (exact) mass is 271 g/mol. The number of anilines is 2.